The Labute approximate surface area is 191 Å². The minimum atomic E-state index is -0.293. The molecule has 0 radical (unpaired) electrons. The van der Waals surface area contributed by atoms with Crippen molar-refractivity contribution in [3.8, 4) is 22.6 Å². The van der Waals surface area contributed by atoms with Gasteiger partial charge in [0, 0.05) is 48.8 Å². The second kappa shape index (κ2) is 7.59. The van der Waals surface area contributed by atoms with E-state index in [-0.39, 0.29) is 22.5 Å². The molecule has 8 nitrogen and oxygen atoms in total. The molecule has 1 N–H and O–H groups in total. The number of carbonyl (C=O) groups is 1. The summed E-state index contributed by atoms with van der Waals surface area (Å²) in [6.07, 6.45) is 7.50. The van der Waals surface area contributed by atoms with E-state index in [1.165, 1.54) is 7.11 Å². The molecule has 0 atom stereocenters. The third-order valence-corrected chi connectivity index (χ3v) is 7.19. The lowest BCUT2D eigenvalue weighted by Gasteiger charge is -2.68. The summed E-state index contributed by atoms with van der Waals surface area (Å²) < 4.78 is 18.0. The van der Waals surface area contributed by atoms with Crippen molar-refractivity contribution in [1.29, 1.82) is 0 Å². The van der Waals surface area contributed by atoms with Crippen molar-refractivity contribution >= 4 is 16.7 Å². The van der Waals surface area contributed by atoms with Crippen LogP contribution < -0.4 is 20.3 Å². The Bertz CT molecular complexity index is 1280. The second-order valence-corrected chi connectivity index (χ2v) is 9.18. The Morgan fingerprint density at radius 1 is 1.12 bits per heavy atom. The highest BCUT2D eigenvalue weighted by atomic mass is 16.5. The third-order valence-electron chi connectivity index (χ3n) is 7.19. The van der Waals surface area contributed by atoms with Gasteiger partial charge < -0.3 is 24.1 Å². The fourth-order valence-corrected chi connectivity index (χ4v) is 5.54. The van der Waals surface area contributed by atoms with Gasteiger partial charge in [0.15, 0.2) is 0 Å². The van der Waals surface area contributed by atoms with Crippen molar-refractivity contribution in [2.24, 2.45) is 12.5 Å². The number of rotatable bonds is 7. The predicted octanol–water partition coefficient (Wildman–Crippen LogP) is 2.80. The lowest BCUT2D eigenvalue weighted by Crippen LogP contribution is -2.76. The van der Waals surface area contributed by atoms with Crippen molar-refractivity contribution in [2.45, 2.75) is 31.3 Å². The van der Waals surface area contributed by atoms with Crippen LogP contribution in [0.5, 0.6) is 11.5 Å². The maximum absolute atomic E-state index is 12.5. The zero-order valence-corrected chi connectivity index (χ0v) is 19.2. The molecule has 8 heteroatoms. The molecule has 33 heavy (non-hydrogen) atoms. The monoisotopic (exact) mass is 449 g/mol. The van der Waals surface area contributed by atoms with Gasteiger partial charge in [-0.25, -0.2) is 0 Å². The second-order valence-electron chi connectivity index (χ2n) is 9.18. The normalized spacial score (nSPS) is 22.9. The third kappa shape index (κ3) is 3.20. The summed E-state index contributed by atoms with van der Waals surface area (Å²) >= 11 is 0. The zero-order valence-electron chi connectivity index (χ0n) is 19.2. The molecule has 3 aromatic rings. The van der Waals surface area contributed by atoms with E-state index in [2.05, 4.69) is 10.3 Å². The Kier molecular flexibility index (Phi) is 4.93. The van der Waals surface area contributed by atoms with Gasteiger partial charge in [0.1, 0.15) is 11.5 Å². The fourth-order valence-electron chi connectivity index (χ4n) is 5.54. The molecule has 3 aliphatic carbocycles. The van der Waals surface area contributed by atoms with Crippen molar-refractivity contribution in [3.05, 3.63) is 52.7 Å². The molecule has 3 aliphatic rings. The van der Waals surface area contributed by atoms with Crippen molar-refractivity contribution in [2.75, 3.05) is 21.3 Å². The molecule has 0 unspecified atom stereocenters. The Morgan fingerprint density at radius 3 is 2.39 bits per heavy atom. The van der Waals surface area contributed by atoms with Gasteiger partial charge in [0.2, 0.25) is 0 Å². The number of hydrogen-bond acceptors (Lipinski definition) is 7. The highest BCUT2D eigenvalue weighted by Gasteiger charge is 2.72. The van der Waals surface area contributed by atoms with Crippen molar-refractivity contribution < 1.29 is 19.0 Å². The fraction of sp³-hybridized carbons (Fsp3) is 0.400. The van der Waals surface area contributed by atoms with Crippen LogP contribution in [-0.2, 0) is 23.1 Å². The van der Waals surface area contributed by atoms with Gasteiger partial charge in [-0.15, -0.1) is 0 Å². The Morgan fingerprint density at radius 2 is 1.79 bits per heavy atom. The van der Waals surface area contributed by atoms with E-state index >= 15 is 0 Å². The standard InChI is InChI=1S/C25H27N3O5/c1-28-11-19(16-5-6-26-9-17(16)22(28)29)15-7-20(31-2)18(21(8-15)32-3)10-27-25-12-24(13-25,14-25)23(30)33-4/h5-9,11,27H,10,12-14H2,1-4H3. The van der Waals surface area contributed by atoms with Crippen LogP contribution in [0.1, 0.15) is 24.8 Å². The topological polar surface area (TPSA) is 91.7 Å². The first-order chi connectivity index (χ1) is 15.8. The van der Waals surface area contributed by atoms with E-state index < -0.39 is 0 Å². The van der Waals surface area contributed by atoms with Crippen LogP contribution >= 0.6 is 0 Å². The van der Waals surface area contributed by atoms with Crippen LogP contribution in [0.2, 0.25) is 0 Å². The number of methoxy groups -OCH3 is 3. The summed E-state index contributed by atoms with van der Waals surface area (Å²) in [6.45, 7) is 0.557. The van der Waals surface area contributed by atoms with Crippen LogP contribution in [-0.4, -0.2) is 42.4 Å². The summed E-state index contributed by atoms with van der Waals surface area (Å²) in [5.74, 6) is 1.29. The average Bonchev–Trinajstić information content (AvgIpc) is 2.79. The van der Waals surface area contributed by atoms with E-state index in [9.17, 15) is 9.59 Å². The molecule has 0 amide bonds. The largest absolute Gasteiger partial charge is 0.496 e. The molecular weight excluding hydrogens is 422 g/mol. The molecule has 172 valence electrons. The molecule has 3 fully saturated rings. The van der Waals surface area contributed by atoms with Crippen molar-refractivity contribution in [3.63, 3.8) is 0 Å². The van der Waals surface area contributed by atoms with Crippen LogP contribution in [0, 0.1) is 5.41 Å². The minimum Gasteiger partial charge on any atom is -0.496 e. The number of aromatic nitrogens is 2. The summed E-state index contributed by atoms with van der Waals surface area (Å²) in [5.41, 5.74) is 2.28. The van der Waals surface area contributed by atoms with Gasteiger partial charge >= 0.3 is 5.97 Å². The van der Waals surface area contributed by atoms with Crippen LogP contribution in [0.3, 0.4) is 0 Å². The number of pyridine rings is 2. The van der Waals surface area contributed by atoms with Crippen LogP contribution in [0.15, 0.2) is 41.6 Å². The number of benzene rings is 1. The minimum absolute atomic E-state index is 0.0240. The van der Waals surface area contributed by atoms with E-state index in [1.54, 1.807) is 38.2 Å². The first-order valence-electron chi connectivity index (χ1n) is 10.9. The van der Waals surface area contributed by atoms with Crippen molar-refractivity contribution in [1.82, 2.24) is 14.9 Å². The molecule has 0 saturated heterocycles. The molecule has 0 aliphatic heterocycles. The molecular formula is C25H27N3O5. The predicted molar refractivity (Wildman–Crippen MR) is 123 cm³/mol. The molecule has 3 saturated carbocycles. The average molecular weight is 450 g/mol. The number of esters is 1. The number of ether oxygens (including phenoxy) is 3. The maximum atomic E-state index is 12.5. The highest BCUT2D eigenvalue weighted by Crippen LogP contribution is 2.67. The smallest absolute Gasteiger partial charge is 0.312 e. The quantitative estimate of drug-likeness (QED) is 0.555. The molecule has 0 spiro atoms. The van der Waals surface area contributed by atoms with Gasteiger partial charge in [-0.2, -0.15) is 0 Å². The summed E-state index contributed by atoms with van der Waals surface area (Å²) in [6, 6.07) is 5.79. The number of hydrogen-bond donors (Lipinski definition) is 1. The van der Waals surface area contributed by atoms with Crippen LogP contribution in [0.25, 0.3) is 21.9 Å². The lowest BCUT2D eigenvalue weighted by atomic mass is 9.39. The zero-order chi connectivity index (χ0) is 23.4. The first kappa shape index (κ1) is 21.5. The number of carbonyl (C=O) groups excluding carboxylic acids is 1. The molecule has 6 rings (SSSR count). The van der Waals surface area contributed by atoms with Gasteiger partial charge in [0.05, 0.1) is 32.1 Å². The first-order valence-corrected chi connectivity index (χ1v) is 10.9. The maximum Gasteiger partial charge on any atom is 0.312 e. The van der Waals surface area contributed by atoms with Crippen LogP contribution in [0.4, 0.5) is 0 Å². The van der Waals surface area contributed by atoms with E-state index in [0.717, 1.165) is 41.3 Å². The number of fused-ring (bicyclic) bond motifs is 1. The number of aryl methyl sites for hydroxylation is 1. The highest BCUT2D eigenvalue weighted by molar-refractivity contribution is 5.95. The Balaban J connectivity index is 1.48. The number of nitrogens with one attached hydrogen (secondary N) is 1. The summed E-state index contributed by atoms with van der Waals surface area (Å²) in [7, 11) is 6.45. The molecule has 2 bridgehead atoms. The van der Waals surface area contributed by atoms with Gasteiger partial charge in [-0.3, -0.25) is 14.6 Å². The van der Waals surface area contributed by atoms with Gasteiger partial charge in [-0.1, -0.05) is 0 Å². The van der Waals surface area contributed by atoms with Gasteiger partial charge in [-0.05, 0) is 48.4 Å². The summed E-state index contributed by atoms with van der Waals surface area (Å²) in [4.78, 5) is 28.6. The molecule has 2 aromatic heterocycles. The van der Waals surface area contributed by atoms with E-state index in [0.29, 0.717) is 23.4 Å². The number of nitrogens with zero attached hydrogens (tertiary/aromatic N) is 2. The summed E-state index contributed by atoms with van der Waals surface area (Å²) in [5, 5.41) is 5.00. The molecule has 2 heterocycles. The van der Waals surface area contributed by atoms with E-state index in [4.69, 9.17) is 14.2 Å². The van der Waals surface area contributed by atoms with Gasteiger partial charge in [0.25, 0.3) is 5.56 Å². The Hall–Kier alpha value is -3.39. The van der Waals surface area contributed by atoms with E-state index in [1.807, 2.05) is 24.4 Å². The lowest BCUT2D eigenvalue weighted by molar-refractivity contribution is -0.202. The molecule has 1 aromatic carbocycles. The SMILES string of the molecule is COC(=O)C12CC(NCc3c(OC)cc(-c4cn(C)c(=O)c5cnccc45)cc3OC)(C1)C2.